The number of aryl methyl sites for hydroxylation is 2. The van der Waals surface area contributed by atoms with Crippen molar-refractivity contribution in [3.63, 3.8) is 0 Å². The zero-order valence-corrected chi connectivity index (χ0v) is 15.2. The second kappa shape index (κ2) is 7.81. The lowest BCUT2D eigenvalue weighted by Gasteiger charge is -2.24. The average Bonchev–Trinajstić information content (AvgIpc) is 3.14. The van der Waals surface area contributed by atoms with Crippen LogP contribution in [0.3, 0.4) is 0 Å². The number of halogens is 1. The normalized spacial score (nSPS) is 19.8. The van der Waals surface area contributed by atoms with E-state index in [2.05, 4.69) is 35.5 Å². The van der Waals surface area contributed by atoms with Crippen LogP contribution in [0.5, 0.6) is 0 Å². The highest BCUT2D eigenvalue weighted by Gasteiger charge is 2.36. The minimum atomic E-state index is -0.0194. The quantitative estimate of drug-likeness (QED) is 0.920. The number of rotatable bonds is 4. The fraction of sp³-hybridized carbons (Fsp3) is 0.444. The second-order valence-electron chi connectivity index (χ2n) is 6.50. The maximum atomic E-state index is 12.9. The number of amides is 1. The van der Waals surface area contributed by atoms with E-state index in [1.807, 2.05) is 37.5 Å². The standard InChI is InChI=1S/C18H24N4O.ClH/c1-13-5-4-6-14(7-13)11-21(2)18(23)17-10-19-9-16(17)15-8-20-22(3)12-15;/h4-8,12,16-17,19H,9-11H2,1-3H3;1H/t16-,17+;/m1./s1. The van der Waals surface area contributed by atoms with Crippen molar-refractivity contribution in [1.82, 2.24) is 20.0 Å². The highest BCUT2D eigenvalue weighted by Crippen LogP contribution is 2.29. The van der Waals surface area contributed by atoms with Gasteiger partial charge in [0.1, 0.15) is 0 Å². The van der Waals surface area contributed by atoms with E-state index in [1.165, 1.54) is 11.1 Å². The molecule has 6 heteroatoms. The number of benzene rings is 1. The molecule has 1 fully saturated rings. The molecule has 1 aromatic carbocycles. The first-order valence-corrected chi connectivity index (χ1v) is 8.04. The first-order chi connectivity index (χ1) is 11.0. The molecule has 0 aliphatic carbocycles. The highest BCUT2D eigenvalue weighted by atomic mass is 35.5. The van der Waals surface area contributed by atoms with E-state index < -0.39 is 0 Å². The summed E-state index contributed by atoms with van der Waals surface area (Å²) in [4.78, 5) is 14.7. The van der Waals surface area contributed by atoms with Crippen molar-refractivity contribution < 1.29 is 4.79 Å². The molecular formula is C18H25ClN4O. The van der Waals surface area contributed by atoms with E-state index in [0.29, 0.717) is 6.54 Å². The Morgan fingerprint density at radius 3 is 2.88 bits per heavy atom. The Morgan fingerprint density at radius 2 is 2.21 bits per heavy atom. The zero-order valence-electron chi connectivity index (χ0n) is 14.4. The number of hydrogen-bond donors (Lipinski definition) is 1. The Labute approximate surface area is 149 Å². The van der Waals surface area contributed by atoms with Gasteiger partial charge in [-0.15, -0.1) is 12.4 Å². The fourth-order valence-electron chi connectivity index (χ4n) is 3.37. The van der Waals surface area contributed by atoms with Gasteiger partial charge in [0.05, 0.1) is 12.1 Å². The minimum absolute atomic E-state index is 0. The summed E-state index contributed by atoms with van der Waals surface area (Å²) in [5.74, 6) is 0.385. The van der Waals surface area contributed by atoms with Crippen LogP contribution in [-0.4, -0.2) is 40.7 Å². The number of nitrogens with zero attached hydrogens (tertiary/aromatic N) is 3. The molecule has 1 aliphatic rings. The Bertz CT molecular complexity index is 700. The van der Waals surface area contributed by atoms with Gasteiger partial charge in [-0.3, -0.25) is 9.48 Å². The fourth-order valence-corrected chi connectivity index (χ4v) is 3.37. The third kappa shape index (κ3) is 3.97. The molecule has 1 N–H and O–H groups in total. The molecule has 0 bridgehead atoms. The molecule has 1 amide bonds. The number of carbonyl (C=O) groups is 1. The number of carbonyl (C=O) groups excluding carboxylic acids is 1. The van der Waals surface area contributed by atoms with E-state index in [1.54, 1.807) is 4.68 Å². The summed E-state index contributed by atoms with van der Waals surface area (Å²) in [6.45, 7) is 4.29. The van der Waals surface area contributed by atoms with E-state index in [0.717, 1.165) is 18.7 Å². The predicted octanol–water partition coefficient (Wildman–Crippen LogP) is 2.11. The third-order valence-electron chi connectivity index (χ3n) is 4.56. The second-order valence-corrected chi connectivity index (χ2v) is 6.50. The molecule has 1 aromatic heterocycles. The molecule has 24 heavy (non-hydrogen) atoms. The van der Waals surface area contributed by atoms with Crippen LogP contribution < -0.4 is 5.32 Å². The van der Waals surface area contributed by atoms with Crippen LogP contribution in [0.15, 0.2) is 36.7 Å². The largest absolute Gasteiger partial charge is 0.341 e. The van der Waals surface area contributed by atoms with Crippen LogP contribution in [0, 0.1) is 12.8 Å². The molecule has 2 atom stereocenters. The molecule has 1 aliphatic heterocycles. The van der Waals surface area contributed by atoms with Gasteiger partial charge in [0.15, 0.2) is 0 Å². The van der Waals surface area contributed by atoms with E-state index >= 15 is 0 Å². The van der Waals surface area contributed by atoms with E-state index in [9.17, 15) is 4.79 Å². The maximum absolute atomic E-state index is 12.9. The molecule has 130 valence electrons. The van der Waals surface area contributed by atoms with Crippen LogP contribution in [0.2, 0.25) is 0 Å². The van der Waals surface area contributed by atoms with Gasteiger partial charge < -0.3 is 10.2 Å². The van der Waals surface area contributed by atoms with Gasteiger partial charge in [0, 0.05) is 45.8 Å². The summed E-state index contributed by atoms with van der Waals surface area (Å²) in [7, 11) is 3.80. The molecule has 0 saturated carbocycles. The monoisotopic (exact) mass is 348 g/mol. The van der Waals surface area contributed by atoms with Crippen molar-refractivity contribution in [2.75, 3.05) is 20.1 Å². The van der Waals surface area contributed by atoms with Crippen LogP contribution >= 0.6 is 12.4 Å². The van der Waals surface area contributed by atoms with Crippen LogP contribution in [0.25, 0.3) is 0 Å². The molecule has 5 nitrogen and oxygen atoms in total. The summed E-state index contributed by atoms with van der Waals surface area (Å²) >= 11 is 0. The maximum Gasteiger partial charge on any atom is 0.227 e. The Morgan fingerprint density at radius 1 is 1.42 bits per heavy atom. The van der Waals surface area contributed by atoms with Gasteiger partial charge >= 0.3 is 0 Å². The first kappa shape index (κ1) is 18.5. The smallest absolute Gasteiger partial charge is 0.227 e. The summed E-state index contributed by atoms with van der Waals surface area (Å²) in [5.41, 5.74) is 3.53. The highest BCUT2D eigenvalue weighted by molar-refractivity contribution is 5.85. The number of nitrogens with one attached hydrogen (secondary N) is 1. The molecular weight excluding hydrogens is 324 g/mol. The minimum Gasteiger partial charge on any atom is -0.341 e. The van der Waals surface area contributed by atoms with Gasteiger partial charge in [-0.1, -0.05) is 29.8 Å². The number of hydrogen-bond acceptors (Lipinski definition) is 3. The van der Waals surface area contributed by atoms with Gasteiger partial charge in [-0.25, -0.2) is 0 Å². The summed E-state index contributed by atoms with van der Waals surface area (Å²) < 4.78 is 1.80. The number of aromatic nitrogens is 2. The zero-order chi connectivity index (χ0) is 16.4. The van der Waals surface area contributed by atoms with Crippen molar-refractivity contribution >= 4 is 18.3 Å². The Kier molecular flexibility index (Phi) is 6.02. The molecule has 2 heterocycles. The lowest BCUT2D eigenvalue weighted by molar-refractivity contribution is -0.134. The van der Waals surface area contributed by atoms with Crippen LogP contribution in [0.4, 0.5) is 0 Å². The molecule has 0 spiro atoms. The van der Waals surface area contributed by atoms with Crippen molar-refractivity contribution in [2.45, 2.75) is 19.4 Å². The molecule has 0 radical (unpaired) electrons. The SMILES string of the molecule is Cc1cccc(CN(C)C(=O)[C@H]2CNC[C@@H]2c2cnn(C)c2)c1.Cl. The van der Waals surface area contributed by atoms with E-state index in [-0.39, 0.29) is 30.2 Å². The Hall–Kier alpha value is -1.85. The molecule has 0 unspecified atom stereocenters. The first-order valence-electron chi connectivity index (χ1n) is 8.04. The lowest BCUT2D eigenvalue weighted by Crippen LogP contribution is -2.35. The lowest BCUT2D eigenvalue weighted by atomic mass is 9.90. The average molecular weight is 349 g/mol. The summed E-state index contributed by atoms with van der Waals surface area (Å²) in [6, 6.07) is 8.32. The van der Waals surface area contributed by atoms with Crippen molar-refractivity contribution in [1.29, 1.82) is 0 Å². The van der Waals surface area contributed by atoms with Gasteiger partial charge in [-0.05, 0) is 18.1 Å². The van der Waals surface area contributed by atoms with Crippen LogP contribution in [0.1, 0.15) is 22.6 Å². The third-order valence-corrected chi connectivity index (χ3v) is 4.56. The van der Waals surface area contributed by atoms with Crippen molar-refractivity contribution in [2.24, 2.45) is 13.0 Å². The molecule has 2 aromatic rings. The van der Waals surface area contributed by atoms with Crippen molar-refractivity contribution in [3.05, 3.63) is 53.3 Å². The van der Waals surface area contributed by atoms with Crippen molar-refractivity contribution in [3.8, 4) is 0 Å². The Balaban J connectivity index is 0.00000208. The van der Waals surface area contributed by atoms with Crippen LogP contribution in [-0.2, 0) is 18.4 Å². The molecule has 3 rings (SSSR count). The van der Waals surface area contributed by atoms with Gasteiger partial charge in [0.2, 0.25) is 5.91 Å². The van der Waals surface area contributed by atoms with Gasteiger partial charge in [0.25, 0.3) is 0 Å². The topological polar surface area (TPSA) is 50.2 Å². The molecule has 1 saturated heterocycles. The van der Waals surface area contributed by atoms with E-state index in [4.69, 9.17) is 0 Å². The van der Waals surface area contributed by atoms with Gasteiger partial charge in [-0.2, -0.15) is 5.10 Å². The summed E-state index contributed by atoms with van der Waals surface area (Å²) in [6.07, 6.45) is 3.89. The predicted molar refractivity (Wildman–Crippen MR) is 97.2 cm³/mol. The summed E-state index contributed by atoms with van der Waals surface area (Å²) in [5, 5.41) is 7.60.